The van der Waals surface area contributed by atoms with Crippen LogP contribution < -0.4 is 9.47 Å². The lowest BCUT2D eigenvalue weighted by Gasteiger charge is -2.43. The van der Waals surface area contributed by atoms with E-state index in [-0.39, 0.29) is 11.8 Å². The summed E-state index contributed by atoms with van der Waals surface area (Å²) >= 11 is 6.26. The van der Waals surface area contributed by atoms with Crippen LogP contribution in [0.25, 0.3) is 0 Å². The van der Waals surface area contributed by atoms with Crippen LogP contribution in [0.5, 0.6) is 11.5 Å². The minimum absolute atomic E-state index is 0.161. The van der Waals surface area contributed by atoms with Gasteiger partial charge in [-0.25, -0.2) is 0 Å². The SMILES string of the molecule is CCCN(CCCCC(=O)N1CCN(C2CCC2)CC1)C(=O)c1c(OC)ccc(Cl)c1OC. The standard InChI is InChI=1S/C25H38ClN3O4/c1-4-13-29(25(31)23-21(32-2)12-11-20(26)24(23)33-3)14-6-5-10-22(30)28-17-15-27(16-18-28)19-8-7-9-19/h11-12,19H,4-10,13-18H2,1-3H3. The topological polar surface area (TPSA) is 62.3 Å². The molecule has 0 unspecified atom stereocenters. The molecule has 0 atom stereocenters. The number of amides is 2. The summed E-state index contributed by atoms with van der Waals surface area (Å²) in [5, 5.41) is 0.376. The van der Waals surface area contributed by atoms with Gasteiger partial charge in [-0.1, -0.05) is 24.9 Å². The summed E-state index contributed by atoms with van der Waals surface area (Å²) in [6.45, 7) is 6.91. The zero-order valence-electron chi connectivity index (χ0n) is 20.3. The van der Waals surface area contributed by atoms with Gasteiger partial charge < -0.3 is 19.3 Å². The second kappa shape index (κ2) is 12.5. The molecule has 7 nitrogen and oxygen atoms in total. The molecule has 1 aliphatic heterocycles. The van der Waals surface area contributed by atoms with Gasteiger partial charge in [0.15, 0.2) is 5.75 Å². The van der Waals surface area contributed by atoms with Crippen LogP contribution in [0.2, 0.25) is 5.02 Å². The number of methoxy groups -OCH3 is 2. The molecule has 184 valence electrons. The first-order valence-corrected chi connectivity index (χ1v) is 12.6. The first-order chi connectivity index (χ1) is 16.0. The number of ether oxygens (including phenoxy) is 2. The second-order valence-corrected chi connectivity index (χ2v) is 9.32. The molecule has 0 radical (unpaired) electrons. The summed E-state index contributed by atoms with van der Waals surface area (Å²) in [5.41, 5.74) is 0.348. The molecular formula is C25H38ClN3O4. The maximum Gasteiger partial charge on any atom is 0.261 e. The van der Waals surface area contributed by atoms with E-state index in [1.807, 2.05) is 11.8 Å². The maximum absolute atomic E-state index is 13.4. The number of hydrogen-bond donors (Lipinski definition) is 0. The smallest absolute Gasteiger partial charge is 0.261 e. The number of carbonyl (C=O) groups excluding carboxylic acids is 2. The molecule has 1 saturated heterocycles. The maximum atomic E-state index is 13.4. The number of unbranched alkanes of at least 4 members (excludes halogenated alkanes) is 1. The van der Waals surface area contributed by atoms with Gasteiger partial charge in [0.1, 0.15) is 11.3 Å². The van der Waals surface area contributed by atoms with E-state index in [0.29, 0.717) is 41.6 Å². The van der Waals surface area contributed by atoms with Crippen LogP contribution in [0.4, 0.5) is 0 Å². The lowest BCUT2D eigenvalue weighted by atomic mass is 9.91. The molecule has 33 heavy (non-hydrogen) atoms. The van der Waals surface area contributed by atoms with Gasteiger partial charge in [-0.2, -0.15) is 0 Å². The first kappa shape index (κ1) is 25.6. The molecule has 2 fully saturated rings. The molecule has 1 aliphatic carbocycles. The van der Waals surface area contributed by atoms with Crippen molar-refractivity contribution in [3.63, 3.8) is 0 Å². The van der Waals surface area contributed by atoms with Crippen LogP contribution in [-0.4, -0.2) is 86.0 Å². The highest BCUT2D eigenvalue weighted by Gasteiger charge is 2.29. The number of halogens is 1. The van der Waals surface area contributed by atoms with E-state index in [1.165, 1.54) is 33.5 Å². The Morgan fingerprint density at radius 3 is 2.36 bits per heavy atom. The summed E-state index contributed by atoms with van der Waals surface area (Å²) in [7, 11) is 3.03. The Morgan fingerprint density at radius 1 is 1.06 bits per heavy atom. The van der Waals surface area contributed by atoms with E-state index in [1.54, 1.807) is 17.0 Å². The molecule has 1 aromatic carbocycles. The van der Waals surface area contributed by atoms with Gasteiger partial charge >= 0.3 is 0 Å². The molecule has 1 aromatic rings. The van der Waals surface area contributed by atoms with E-state index in [4.69, 9.17) is 21.1 Å². The lowest BCUT2D eigenvalue weighted by molar-refractivity contribution is -0.133. The summed E-state index contributed by atoms with van der Waals surface area (Å²) in [6, 6.07) is 4.10. The molecule has 1 saturated carbocycles. The molecular weight excluding hydrogens is 442 g/mol. The van der Waals surface area contributed by atoms with Gasteiger partial charge in [0.2, 0.25) is 5.91 Å². The van der Waals surface area contributed by atoms with Crippen molar-refractivity contribution >= 4 is 23.4 Å². The predicted octanol–water partition coefficient (Wildman–Crippen LogP) is 4.08. The molecule has 0 spiro atoms. The van der Waals surface area contributed by atoms with Crippen molar-refractivity contribution in [2.45, 2.75) is 57.9 Å². The number of carbonyl (C=O) groups is 2. The lowest BCUT2D eigenvalue weighted by Crippen LogP contribution is -2.53. The Balaban J connectivity index is 1.50. The van der Waals surface area contributed by atoms with Crippen LogP contribution in [-0.2, 0) is 4.79 Å². The average molecular weight is 480 g/mol. The Hall–Kier alpha value is -1.99. The highest BCUT2D eigenvalue weighted by atomic mass is 35.5. The fraction of sp³-hybridized carbons (Fsp3) is 0.680. The van der Waals surface area contributed by atoms with Crippen LogP contribution in [0.15, 0.2) is 12.1 Å². The molecule has 1 heterocycles. The van der Waals surface area contributed by atoms with Crippen LogP contribution >= 0.6 is 11.6 Å². The van der Waals surface area contributed by atoms with Gasteiger partial charge in [0, 0.05) is 51.7 Å². The van der Waals surface area contributed by atoms with Crippen molar-refractivity contribution in [3.8, 4) is 11.5 Å². The van der Waals surface area contributed by atoms with Crippen molar-refractivity contribution in [1.82, 2.24) is 14.7 Å². The third kappa shape index (κ3) is 6.33. The number of piperazine rings is 1. The zero-order chi connectivity index (χ0) is 23.8. The molecule has 0 bridgehead atoms. The van der Waals surface area contributed by atoms with Crippen molar-refractivity contribution in [2.75, 3.05) is 53.5 Å². The van der Waals surface area contributed by atoms with Crippen LogP contribution in [0, 0.1) is 0 Å². The number of nitrogens with zero attached hydrogens (tertiary/aromatic N) is 3. The van der Waals surface area contributed by atoms with Gasteiger partial charge in [-0.3, -0.25) is 14.5 Å². The molecule has 8 heteroatoms. The minimum Gasteiger partial charge on any atom is -0.496 e. The van der Waals surface area contributed by atoms with E-state index in [9.17, 15) is 9.59 Å². The van der Waals surface area contributed by atoms with Crippen molar-refractivity contribution in [2.24, 2.45) is 0 Å². The van der Waals surface area contributed by atoms with Gasteiger partial charge in [-0.05, 0) is 44.2 Å². The third-order valence-corrected chi connectivity index (χ3v) is 7.11. The molecule has 2 amide bonds. The Labute approximate surface area is 202 Å². The van der Waals surface area contributed by atoms with Crippen LogP contribution in [0.3, 0.4) is 0 Å². The van der Waals surface area contributed by atoms with E-state index in [0.717, 1.165) is 51.5 Å². The molecule has 0 aromatic heterocycles. The van der Waals surface area contributed by atoms with E-state index < -0.39 is 0 Å². The van der Waals surface area contributed by atoms with Crippen molar-refractivity contribution < 1.29 is 19.1 Å². The second-order valence-electron chi connectivity index (χ2n) is 8.91. The highest BCUT2D eigenvalue weighted by Crippen LogP contribution is 2.36. The van der Waals surface area contributed by atoms with Gasteiger partial charge in [-0.15, -0.1) is 0 Å². The Morgan fingerprint density at radius 2 is 1.79 bits per heavy atom. The largest absolute Gasteiger partial charge is 0.496 e. The number of benzene rings is 1. The predicted molar refractivity (Wildman–Crippen MR) is 130 cm³/mol. The summed E-state index contributed by atoms with van der Waals surface area (Å²) in [5.74, 6) is 0.846. The Kier molecular flexibility index (Phi) is 9.68. The van der Waals surface area contributed by atoms with Crippen LogP contribution in [0.1, 0.15) is 62.2 Å². The fourth-order valence-corrected chi connectivity index (χ4v) is 4.91. The van der Waals surface area contributed by atoms with Gasteiger partial charge in [0.25, 0.3) is 5.91 Å². The third-order valence-electron chi connectivity index (χ3n) is 6.82. The first-order valence-electron chi connectivity index (χ1n) is 12.2. The van der Waals surface area contributed by atoms with Crippen molar-refractivity contribution in [3.05, 3.63) is 22.7 Å². The zero-order valence-corrected chi connectivity index (χ0v) is 21.0. The molecule has 3 rings (SSSR count). The quantitative estimate of drug-likeness (QED) is 0.447. The number of hydrogen-bond acceptors (Lipinski definition) is 5. The average Bonchev–Trinajstić information content (AvgIpc) is 2.79. The monoisotopic (exact) mass is 479 g/mol. The van der Waals surface area contributed by atoms with E-state index in [2.05, 4.69) is 4.90 Å². The highest BCUT2D eigenvalue weighted by molar-refractivity contribution is 6.32. The summed E-state index contributed by atoms with van der Waals surface area (Å²) in [4.78, 5) is 32.4. The fourth-order valence-electron chi connectivity index (χ4n) is 4.68. The molecule has 2 aliphatic rings. The molecule has 0 N–H and O–H groups in total. The minimum atomic E-state index is -0.161. The van der Waals surface area contributed by atoms with E-state index >= 15 is 0 Å². The number of rotatable bonds is 11. The summed E-state index contributed by atoms with van der Waals surface area (Å²) < 4.78 is 10.8. The summed E-state index contributed by atoms with van der Waals surface area (Å²) in [6.07, 6.45) is 6.87. The normalized spacial score (nSPS) is 16.9. The van der Waals surface area contributed by atoms with Gasteiger partial charge in [0.05, 0.1) is 19.2 Å². The van der Waals surface area contributed by atoms with Crippen molar-refractivity contribution in [1.29, 1.82) is 0 Å². The Bertz CT molecular complexity index is 807.